The van der Waals surface area contributed by atoms with Crippen LogP contribution in [0.5, 0.6) is 0 Å². The molecule has 0 atom stereocenters. The normalized spacial score (nSPS) is 11.7. The number of rotatable bonds is 41. The van der Waals surface area contributed by atoms with Crippen LogP contribution in [0.2, 0.25) is 0 Å². The Morgan fingerprint density at radius 1 is 0.475 bits per heavy atom. The van der Waals surface area contributed by atoms with Crippen molar-refractivity contribution in [3.05, 3.63) is 53.6 Å². The van der Waals surface area contributed by atoms with Crippen molar-refractivity contribution < 1.29 is 83.4 Å². The summed E-state index contributed by atoms with van der Waals surface area (Å²) in [6.45, 7) is 4.76. The van der Waals surface area contributed by atoms with Crippen LogP contribution in [-0.4, -0.2) is 38.1 Å². The summed E-state index contributed by atoms with van der Waals surface area (Å²) in [5, 5.41) is 0. The predicted molar refractivity (Wildman–Crippen MR) is 242 cm³/mol. The van der Waals surface area contributed by atoms with Gasteiger partial charge in [0.2, 0.25) is 0 Å². The van der Waals surface area contributed by atoms with Gasteiger partial charge in [-0.05, 0) is 76.3 Å². The summed E-state index contributed by atoms with van der Waals surface area (Å²) in [4.78, 5) is 25.3. The summed E-state index contributed by atoms with van der Waals surface area (Å²) < 4.78 is 46.8. The molecule has 0 saturated heterocycles. The number of hydrogen-bond donors (Lipinski definition) is 0. The molecule has 0 radical (unpaired) electrons. The van der Waals surface area contributed by atoms with Crippen LogP contribution in [0.25, 0.3) is 0 Å². The number of hydrogen-bond acceptors (Lipinski definition) is 7. The third-order valence-corrected chi connectivity index (χ3v) is 11.9. The molecule has 0 aliphatic carbocycles. The Morgan fingerprint density at radius 3 is 1.12 bits per heavy atom. The molecule has 0 aromatic heterocycles. The van der Waals surface area contributed by atoms with Gasteiger partial charge in [0.15, 0.2) is 0 Å². The maximum Gasteiger partial charge on any atom is 1.00 e. The zero-order valence-electron chi connectivity index (χ0n) is 38.3. The minimum atomic E-state index is -5.02. The van der Waals surface area contributed by atoms with Crippen LogP contribution in [0, 0.1) is 0 Å². The first-order valence-electron chi connectivity index (χ1n) is 24.1. The van der Waals surface area contributed by atoms with Crippen molar-refractivity contribution >= 4 is 22.1 Å². The summed E-state index contributed by atoms with van der Waals surface area (Å²) in [7, 11) is -5.02. The predicted octanol–water partition coefficient (Wildman–Crippen LogP) is 12.3. The van der Waals surface area contributed by atoms with Gasteiger partial charge in [0.1, 0.15) is 10.1 Å². The first-order chi connectivity index (χ1) is 28.3. The van der Waals surface area contributed by atoms with Gasteiger partial charge in [0, 0.05) is 0 Å². The number of unbranched alkanes of at least 4 members (excludes halogenated alkanes) is 30. The number of carbonyl (C=O) groups is 2. The summed E-state index contributed by atoms with van der Waals surface area (Å²) in [5.41, 5.74) is -0.778. The van der Waals surface area contributed by atoms with E-state index in [4.69, 9.17) is 9.47 Å². The van der Waals surface area contributed by atoms with Gasteiger partial charge in [-0.1, -0.05) is 198 Å². The quantitative estimate of drug-likeness (QED) is 0.0212. The fourth-order valence-corrected chi connectivity index (χ4v) is 8.05. The monoisotopic (exact) mass is 869 g/mol. The standard InChI is InChI=1S/C50H86O7S.K/c1-3-5-7-9-11-13-15-17-19-21-23-25-27-29-31-33-35-37-39-44-56-49(51)46-42-41-43-47(58(53,54)55)48(46)50(52)57-45-40-38-36-34-32-30-28-26-24-22-20-18-16-14-12-10-8-6-4-2;/h17-20,41-43H,3-16,21-40,44-45H2,1-2H3,(H,53,54,55);/q;+1/p-1/b19-17+,20-18+;. The number of allylic oxidation sites excluding steroid dienone is 4. The minimum Gasteiger partial charge on any atom is -0.744 e. The van der Waals surface area contributed by atoms with Gasteiger partial charge in [-0.3, -0.25) is 0 Å². The molecule has 0 aliphatic rings. The van der Waals surface area contributed by atoms with E-state index in [9.17, 15) is 22.6 Å². The summed E-state index contributed by atoms with van der Waals surface area (Å²) in [6, 6.07) is 3.63. The third kappa shape index (κ3) is 34.4. The molecule has 0 unspecified atom stereocenters. The van der Waals surface area contributed by atoms with E-state index in [0.717, 1.165) is 44.6 Å². The molecule has 0 N–H and O–H groups in total. The van der Waals surface area contributed by atoms with Crippen LogP contribution in [0.1, 0.15) is 253 Å². The number of ether oxygens (including phenoxy) is 2. The van der Waals surface area contributed by atoms with E-state index < -0.39 is 32.5 Å². The topological polar surface area (TPSA) is 110 Å². The van der Waals surface area contributed by atoms with Gasteiger partial charge in [-0.15, -0.1) is 0 Å². The Morgan fingerprint density at radius 2 is 0.780 bits per heavy atom. The van der Waals surface area contributed by atoms with Crippen LogP contribution in [0.4, 0.5) is 0 Å². The van der Waals surface area contributed by atoms with Gasteiger partial charge in [-0.2, -0.15) is 0 Å². The fourth-order valence-electron chi connectivity index (χ4n) is 7.36. The van der Waals surface area contributed by atoms with Crippen molar-refractivity contribution in [1.82, 2.24) is 0 Å². The van der Waals surface area contributed by atoms with Crippen LogP contribution in [0.3, 0.4) is 0 Å². The summed E-state index contributed by atoms with van der Waals surface area (Å²) in [6.07, 6.45) is 50.4. The Kier molecular flexibility index (Phi) is 41.9. The van der Waals surface area contributed by atoms with E-state index >= 15 is 0 Å². The van der Waals surface area contributed by atoms with Gasteiger partial charge in [0.25, 0.3) is 0 Å². The minimum absolute atomic E-state index is 0. The molecular formula is C50H85KO7S. The van der Waals surface area contributed by atoms with E-state index in [-0.39, 0.29) is 70.2 Å². The number of carbonyl (C=O) groups excluding carboxylic acids is 2. The van der Waals surface area contributed by atoms with Crippen LogP contribution in [-0.2, 0) is 19.6 Å². The SMILES string of the molecule is CCCCCCCC/C=C/CCCCCCCCCCCOC(=O)c1cccc(S(=O)(=O)[O-])c1C(=O)OCCCCCCCCCCC/C=C/CCCCCCCC.[K+]. The van der Waals surface area contributed by atoms with E-state index in [2.05, 4.69) is 38.2 Å². The van der Waals surface area contributed by atoms with E-state index in [1.165, 1.54) is 179 Å². The number of esters is 2. The maximum absolute atomic E-state index is 13.0. The molecule has 1 aromatic rings. The Bertz CT molecular complexity index is 1310. The molecule has 0 heterocycles. The third-order valence-electron chi connectivity index (χ3n) is 11.0. The van der Waals surface area contributed by atoms with Gasteiger partial charge in [0.05, 0.1) is 29.2 Å². The van der Waals surface area contributed by atoms with Crippen molar-refractivity contribution in [3.63, 3.8) is 0 Å². The molecule has 0 saturated carbocycles. The Labute approximate surface area is 405 Å². The Balaban J connectivity index is 0.0000336. The first-order valence-corrected chi connectivity index (χ1v) is 25.5. The molecule has 1 aromatic carbocycles. The molecule has 0 spiro atoms. The second-order valence-electron chi connectivity index (χ2n) is 16.4. The van der Waals surface area contributed by atoms with Gasteiger partial charge in [-0.25, -0.2) is 18.0 Å². The van der Waals surface area contributed by atoms with E-state index in [1.54, 1.807) is 0 Å². The molecule has 0 fully saturated rings. The second kappa shape index (κ2) is 42.5. The molecule has 59 heavy (non-hydrogen) atoms. The largest absolute Gasteiger partial charge is 1.00 e. The van der Waals surface area contributed by atoms with E-state index in [1.807, 2.05) is 0 Å². The first kappa shape index (κ1) is 58.2. The van der Waals surface area contributed by atoms with Gasteiger partial charge < -0.3 is 14.0 Å². The zero-order valence-corrected chi connectivity index (χ0v) is 42.2. The molecule has 7 nitrogen and oxygen atoms in total. The van der Waals surface area contributed by atoms with Crippen molar-refractivity contribution in [2.24, 2.45) is 0 Å². The maximum atomic E-state index is 13.0. The van der Waals surface area contributed by atoms with Crippen molar-refractivity contribution in [2.45, 2.75) is 237 Å². The molecule has 0 aliphatic heterocycles. The summed E-state index contributed by atoms with van der Waals surface area (Å²) >= 11 is 0. The van der Waals surface area contributed by atoms with Crippen molar-refractivity contribution in [2.75, 3.05) is 13.2 Å². The second-order valence-corrected chi connectivity index (χ2v) is 17.7. The fraction of sp³-hybridized carbons (Fsp3) is 0.760. The Hall–Kier alpha value is -0.814. The van der Waals surface area contributed by atoms with Crippen molar-refractivity contribution in [3.8, 4) is 0 Å². The van der Waals surface area contributed by atoms with Crippen molar-refractivity contribution in [1.29, 1.82) is 0 Å². The van der Waals surface area contributed by atoms with Crippen LogP contribution < -0.4 is 51.4 Å². The van der Waals surface area contributed by atoms with Crippen LogP contribution in [0.15, 0.2) is 47.4 Å². The molecule has 9 heteroatoms. The summed E-state index contributed by atoms with van der Waals surface area (Å²) in [5.74, 6) is -1.81. The molecular weight excluding hydrogens is 784 g/mol. The zero-order chi connectivity index (χ0) is 42.2. The molecule has 1 rings (SSSR count). The average molecular weight is 869 g/mol. The van der Waals surface area contributed by atoms with E-state index in [0.29, 0.717) is 12.8 Å². The number of benzene rings is 1. The molecule has 0 amide bonds. The van der Waals surface area contributed by atoms with Crippen LogP contribution >= 0.6 is 0 Å². The van der Waals surface area contributed by atoms with Gasteiger partial charge >= 0.3 is 63.3 Å². The molecule has 334 valence electrons. The molecule has 0 bridgehead atoms. The smallest absolute Gasteiger partial charge is 0.744 e. The average Bonchev–Trinajstić information content (AvgIpc) is 3.21.